The lowest BCUT2D eigenvalue weighted by Gasteiger charge is -2.46. The van der Waals surface area contributed by atoms with Crippen molar-refractivity contribution >= 4 is 33.0 Å². The van der Waals surface area contributed by atoms with Crippen LogP contribution in [-0.4, -0.2) is 37.0 Å². The summed E-state index contributed by atoms with van der Waals surface area (Å²) in [7, 11) is -3.55. The minimum absolute atomic E-state index is 0.212. The van der Waals surface area contributed by atoms with Crippen LogP contribution < -0.4 is 0 Å². The van der Waals surface area contributed by atoms with Crippen LogP contribution >= 0.6 is 22.9 Å². The number of halogens is 1. The van der Waals surface area contributed by atoms with E-state index in [4.69, 9.17) is 16.3 Å². The van der Waals surface area contributed by atoms with Crippen LogP contribution in [0.25, 0.3) is 0 Å². The average Bonchev–Trinajstić information content (AvgIpc) is 2.66. The summed E-state index contributed by atoms with van der Waals surface area (Å²) in [6, 6.07) is 0. The average molecular weight is 352 g/mol. The molecule has 7 heteroatoms. The highest BCUT2D eigenvalue weighted by Gasteiger charge is 2.44. The molecular formula is C14H22ClNO3S2. The largest absolute Gasteiger partial charge is 0.367 e. The van der Waals surface area contributed by atoms with Gasteiger partial charge in [0.1, 0.15) is 4.90 Å². The molecule has 21 heavy (non-hydrogen) atoms. The summed E-state index contributed by atoms with van der Waals surface area (Å²) in [6.07, 6.45) is 0. The molecule has 2 rings (SSSR count). The molecule has 0 N–H and O–H groups in total. The Hall–Kier alpha value is -0.140. The molecule has 4 nitrogen and oxygen atoms in total. The van der Waals surface area contributed by atoms with Crippen LogP contribution in [0.5, 0.6) is 0 Å². The lowest BCUT2D eigenvalue weighted by Crippen LogP contribution is -2.58. The van der Waals surface area contributed by atoms with Gasteiger partial charge in [0.25, 0.3) is 0 Å². The number of nitrogens with zero attached hydrogens (tertiary/aromatic N) is 1. The molecule has 1 aliphatic heterocycles. The Morgan fingerprint density at radius 1 is 1.29 bits per heavy atom. The lowest BCUT2D eigenvalue weighted by atomic mass is 10.0. The third-order valence-electron chi connectivity index (χ3n) is 3.38. The molecule has 0 bridgehead atoms. The molecular weight excluding hydrogens is 330 g/mol. The van der Waals surface area contributed by atoms with Crippen molar-refractivity contribution in [3.8, 4) is 0 Å². The highest BCUT2D eigenvalue weighted by Crippen LogP contribution is 2.35. The normalized spacial score (nSPS) is 22.4. The summed E-state index contributed by atoms with van der Waals surface area (Å²) >= 11 is 7.30. The molecule has 1 aromatic heterocycles. The fraction of sp³-hybridized carbons (Fsp3) is 0.714. The molecule has 1 aromatic rings. The predicted octanol–water partition coefficient (Wildman–Crippen LogP) is 3.37. The van der Waals surface area contributed by atoms with Crippen LogP contribution in [0.2, 0.25) is 0 Å². The first-order chi connectivity index (χ1) is 9.48. The molecule has 0 radical (unpaired) electrons. The van der Waals surface area contributed by atoms with E-state index >= 15 is 0 Å². The van der Waals surface area contributed by atoms with Gasteiger partial charge in [-0.3, -0.25) is 0 Å². The fourth-order valence-electron chi connectivity index (χ4n) is 2.94. The van der Waals surface area contributed by atoms with Crippen molar-refractivity contribution < 1.29 is 13.2 Å². The maximum absolute atomic E-state index is 13.0. The number of morpholine rings is 1. The molecule has 2 heterocycles. The summed E-state index contributed by atoms with van der Waals surface area (Å²) in [6.45, 7) is 10.2. The monoisotopic (exact) mass is 351 g/mol. The third-order valence-corrected chi connectivity index (χ3v) is 7.06. The number of alkyl halides is 1. The van der Waals surface area contributed by atoms with Crippen LogP contribution in [0.1, 0.15) is 38.1 Å². The van der Waals surface area contributed by atoms with Crippen LogP contribution in [0.4, 0.5) is 0 Å². The van der Waals surface area contributed by atoms with Crippen molar-refractivity contribution in [3.05, 3.63) is 15.8 Å². The number of hydrogen-bond acceptors (Lipinski definition) is 4. The number of rotatable bonds is 3. The van der Waals surface area contributed by atoms with E-state index < -0.39 is 21.2 Å². The second-order valence-corrected chi connectivity index (χ2v) is 9.81. The van der Waals surface area contributed by atoms with Crippen molar-refractivity contribution in [1.82, 2.24) is 4.31 Å². The SMILES string of the molecule is Cc1csc(CCl)c1S(=O)(=O)N1CC(C)(C)OC(C)(C)C1. The van der Waals surface area contributed by atoms with Gasteiger partial charge in [-0.15, -0.1) is 22.9 Å². The molecule has 0 amide bonds. The molecule has 1 aliphatic rings. The molecule has 0 aromatic carbocycles. The van der Waals surface area contributed by atoms with Gasteiger partial charge in [-0.1, -0.05) is 0 Å². The Morgan fingerprint density at radius 2 is 1.81 bits per heavy atom. The van der Waals surface area contributed by atoms with Crippen molar-refractivity contribution in [2.45, 2.75) is 56.6 Å². The van der Waals surface area contributed by atoms with E-state index in [1.165, 1.54) is 15.6 Å². The Kier molecular flexibility index (Phi) is 4.50. The van der Waals surface area contributed by atoms with Gasteiger partial charge in [0.15, 0.2) is 0 Å². The third kappa shape index (κ3) is 3.45. The second kappa shape index (κ2) is 5.49. The molecule has 0 unspecified atom stereocenters. The van der Waals surface area contributed by atoms with Crippen LogP contribution in [0, 0.1) is 6.92 Å². The van der Waals surface area contributed by atoms with Gasteiger partial charge < -0.3 is 4.74 Å². The number of aryl methyl sites for hydroxylation is 1. The maximum Gasteiger partial charge on any atom is 0.244 e. The molecule has 0 atom stereocenters. The smallest absolute Gasteiger partial charge is 0.244 e. The summed E-state index contributed by atoms with van der Waals surface area (Å²) in [4.78, 5) is 1.08. The molecule has 0 aliphatic carbocycles. The minimum Gasteiger partial charge on any atom is -0.367 e. The molecule has 0 spiro atoms. The number of ether oxygens (including phenoxy) is 1. The molecule has 0 saturated carbocycles. The first-order valence-electron chi connectivity index (χ1n) is 6.82. The Morgan fingerprint density at radius 3 is 2.29 bits per heavy atom. The fourth-order valence-corrected chi connectivity index (χ4v) is 6.69. The standard InChI is InChI=1S/C14H22ClNO3S2/c1-10-7-20-11(6-15)12(10)21(17,18)16-8-13(2,3)19-14(4,5)9-16/h7H,6,8-9H2,1-5H3. The highest BCUT2D eigenvalue weighted by molar-refractivity contribution is 7.89. The Labute approximate surface area is 136 Å². The number of hydrogen-bond donors (Lipinski definition) is 0. The highest BCUT2D eigenvalue weighted by atomic mass is 35.5. The summed E-state index contributed by atoms with van der Waals surface area (Å²) < 4.78 is 33.6. The predicted molar refractivity (Wildman–Crippen MR) is 86.6 cm³/mol. The lowest BCUT2D eigenvalue weighted by molar-refractivity contribution is -0.163. The van der Waals surface area contributed by atoms with E-state index in [1.54, 1.807) is 0 Å². The summed E-state index contributed by atoms with van der Waals surface area (Å²) in [5.41, 5.74) is -0.266. The quantitative estimate of drug-likeness (QED) is 0.784. The van der Waals surface area contributed by atoms with Crippen molar-refractivity contribution in [2.24, 2.45) is 0 Å². The van der Waals surface area contributed by atoms with Crippen LogP contribution in [0.3, 0.4) is 0 Å². The topological polar surface area (TPSA) is 46.6 Å². The summed E-state index contributed by atoms with van der Waals surface area (Å²) in [5.74, 6) is 0.212. The molecule has 1 fully saturated rings. The Bertz CT molecular complexity index is 619. The Balaban J connectivity index is 2.46. The summed E-state index contributed by atoms with van der Waals surface area (Å²) in [5, 5.41) is 1.85. The van der Waals surface area contributed by atoms with Gasteiger partial charge in [0.05, 0.1) is 17.1 Å². The van der Waals surface area contributed by atoms with Crippen molar-refractivity contribution in [3.63, 3.8) is 0 Å². The van der Waals surface area contributed by atoms with E-state index in [0.717, 1.165) is 5.56 Å². The first-order valence-corrected chi connectivity index (χ1v) is 9.67. The molecule has 1 saturated heterocycles. The van der Waals surface area contributed by atoms with Gasteiger partial charge in [0, 0.05) is 18.0 Å². The van der Waals surface area contributed by atoms with E-state index in [1.807, 2.05) is 40.0 Å². The number of sulfonamides is 1. The zero-order chi connectivity index (χ0) is 16.1. The van der Waals surface area contributed by atoms with Gasteiger partial charge >= 0.3 is 0 Å². The number of thiophene rings is 1. The minimum atomic E-state index is -3.55. The second-order valence-electron chi connectivity index (χ2n) is 6.70. The molecule has 120 valence electrons. The van der Waals surface area contributed by atoms with E-state index in [2.05, 4.69) is 0 Å². The van der Waals surface area contributed by atoms with Crippen molar-refractivity contribution in [1.29, 1.82) is 0 Å². The van der Waals surface area contributed by atoms with Gasteiger partial charge in [-0.25, -0.2) is 8.42 Å². The van der Waals surface area contributed by atoms with Gasteiger partial charge in [-0.2, -0.15) is 4.31 Å². The van der Waals surface area contributed by atoms with E-state index in [0.29, 0.717) is 22.9 Å². The van der Waals surface area contributed by atoms with Crippen LogP contribution in [0.15, 0.2) is 10.3 Å². The zero-order valence-electron chi connectivity index (χ0n) is 13.1. The van der Waals surface area contributed by atoms with Crippen LogP contribution in [-0.2, 0) is 20.6 Å². The van der Waals surface area contributed by atoms with Gasteiger partial charge in [0.2, 0.25) is 10.0 Å². The maximum atomic E-state index is 13.0. The zero-order valence-corrected chi connectivity index (χ0v) is 15.5. The van der Waals surface area contributed by atoms with Gasteiger partial charge in [-0.05, 0) is 45.6 Å². The van der Waals surface area contributed by atoms with E-state index in [9.17, 15) is 8.42 Å². The first kappa shape index (κ1) is 17.2. The van der Waals surface area contributed by atoms with E-state index in [-0.39, 0.29) is 5.88 Å². The van der Waals surface area contributed by atoms with Crippen molar-refractivity contribution in [2.75, 3.05) is 13.1 Å².